The van der Waals surface area contributed by atoms with E-state index in [1.807, 2.05) is 24.3 Å². The fraction of sp³-hybridized carbons (Fsp3) is 0.320. The van der Waals surface area contributed by atoms with Gasteiger partial charge in [-0.3, -0.25) is 0 Å². The highest BCUT2D eigenvalue weighted by atomic mass is 15.1. The summed E-state index contributed by atoms with van der Waals surface area (Å²) < 4.78 is 0. The van der Waals surface area contributed by atoms with Crippen LogP contribution in [0.25, 0.3) is 21.9 Å². The van der Waals surface area contributed by atoms with Gasteiger partial charge in [0.25, 0.3) is 0 Å². The molecule has 136 valence electrons. The van der Waals surface area contributed by atoms with Gasteiger partial charge in [0.2, 0.25) is 0 Å². The van der Waals surface area contributed by atoms with Crippen molar-refractivity contribution in [1.82, 2.24) is 4.90 Å². The van der Waals surface area contributed by atoms with Crippen molar-refractivity contribution in [2.45, 2.75) is 38.6 Å². The van der Waals surface area contributed by atoms with Crippen LogP contribution in [0.1, 0.15) is 37.3 Å². The third kappa shape index (κ3) is 4.04. The summed E-state index contributed by atoms with van der Waals surface area (Å²) in [4.78, 5) is 2.64. The fourth-order valence-corrected chi connectivity index (χ4v) is 4.13. The van der Waals surface area contributed by atoms with Crippen molar-refractivity contribution >= 4 is 10.8 Å². The Morgan fingerprint density at radius 3 is 2.44 bits per heavy atom. The Kier molecular flexibility index (Phi) is 5.23. The highest BCUT2D eigenvalue weighted by Gasteiger charge is 2.17. The number of nitriles is 1. The van der Waals surface area contributed by atoms with Crippen molar-refractivity contribution < 1.29 is 0 Å². The number of likely N-dealkylation sites (tertiary alicyclic amines) is 1. The minimum atomic E-state index is 0.701. The second-order valence-corrected chi connectivity index (χ2v) is 7.72. The second kappa shape index (κ2) is 7.94. The molecule has 1 saturated heterocycles. The Labute approximate surface area is 162 Å². The lowest BCUT2D eigenvalue weighted by molar-refractivity contribution is 0.163. The van der Waals surface area contributed by atoms with E-state index < -0.39 is 0 Å². The average Bonchev–Trinajstić information content (AvgIpc) is 2.73. The fourth-order valence-electron chi connectivity index (χ4n) is 4.13. The largest absolute Gasteiger partial charge is 0.300 e. The van der Waals surface area contributed by atoms with Crippen LogP contribution in [-0.2, 0) is 6.42 Å². The molecule has 2 nitrogen and oxygen atoms in total. The summed E-state index contributed by atoms with van der Waals surface area (Å²) in [5.41, 5.74) is 4.47. The van der Waals surface area contributed by atoms with E-state index in [1.165, 1.54) is 47.7 Å². The Morgan fingerprint density at radius 2 is 1.67 bits per heavy atom. The summed E-state index contributed by atoms with van der Waals surface area (Å²) in [5, 5.41) is 11.5. The number of hydrogen-bond donors (Lipinski definition) is 0. The lowest BCUT2D eigenvalue weighted by Gasteiger charge is -2.33. The average molecular weight is 354 g/mol. The van der Waals surface area contributed by atoms with Crippen LogP contribution in [0.15, 0.2) is 60.7 Å². The molecule has 0 aromatic heterocycles. The quantitative estimate of drug-likeness (QED) is 0.592. The summed E-state index contributed by atoms with van der Waals surface area (Å²) in [5.74, 6) is 0. The third-order valence-electron chi connectivity index (χ3n) is 5.88. The van der Waals surface area contributed by atoms with Gasteiger partial charge in [0.1, 0.15) is 0 Å². The Morgan fingerprint density at radius 1 is 0.926 bits per heavy atom. The minimum absolute atomic E-state index is 0.701. The number of hydrogen-bond acceptors (Lipinski definition) is 2. The number of fused-ring (bicyclic) bond motifs is 1. The summed E-state index contributed by atoms with van der Waals surface area (Å²) in [6.07, 6.45) is 5.20. The van der Waals surface area contributed by atoms with Gasteiger partial charge in [-0.1, -0.05) is 48.9 Å². The molecule has 2 heteroatoms. The number of piperidine rings is 1. The molecule has 0 unspecified atom stereocenters. The molecule has 0 saturated carbocycles. The smallest absolute Gasteiger partial charge is 0.0991 e. The van der Waals surface area contributed by atoms with Crippen LogP contribution in [0.4, 0.5) is 0 Å². The highest BCUT2D eigenvalue weighted by molar-refractivity contribution is 5.87. The van der Waals surface area contributed by atoms with E-state index in [0.29, 0.717) is 5.56 Å². The van der Waals surface area contributed by atoms with E-state index in [9.17, 15) is 0 Å². The summed E-state index contributed by atoms with van der Waals surface area (Å²) in [7, 11) is 0. The van der Waals surface area contributed by atoms with Gasteiger partial charge < -0.3 is 4.90 Å². The SMILES string of the molecule is C[C@@H]1CCCCN1CCc1ccc2cc(-c3ccc(C#N)cc3)ccc2c1. The Hall–Kier alpha value is -2.63. The van der Waals surface area contributed by atoms with Gasteiger partial charge in [0.05, 0.1) is 11.6 Å². The normalized spacial score (nSPS) is 17.7. The molecule has 0 amide bonds. The molecule has 3 aromatic rings. The van der Waals surface area contributed by atoms with Crippen molar-refractivity contribution in [3.8, 4) is 17.2 Å². The summed E-state index contributed by atoms with van der Waals surface area (Å²) in [6.45, 7) is 4.78. The van der Waals surface area contributed by atoms with Crippen LogP contribution in [0.3, 0.4) is 0 Å². The van der Waals surface area contributed by atoms with Crippen molar-refractivity contribution in [2.75, 3.05) is 13.1 Å². The molecular weight excluding hydrogens is 328 g/mol. The maximum atomic E-state index is 8.95. The second-order valence-electron chi connectivity index (χ2n) is 7.72. The highest BCUT2D eigenvalue weighted by Crippen LogP contribution is 2.26. The molecule has 0 spiro atoms. The van der Waals surface area contributed by atoms with E-state index in [-0.39, 0.29) is 0 Å². The van der Waals surface area contributed by atoms with Crippen LogP contribution in [0, 0.1) is 11.3 Å². The van der Waals surface area contributed by atoms with Crippen molar-refractivity contribution in [3.63, 3.8) is 0 Å². The monoisotopic (exact) mass is 354 g/mol. The van der Waals surface area contributed by atoms with Gasteiger partial charge in [0, 0.05) is 12.6 Å². The third-order valence-corrected chi connectivity index (χ3v) is 5.88. The van der Waals surface area contributed by atoms with Gasteiger partial charge in [0.15, 0.2) is 0 Å². The predicted octanol–water partition coefficient (Wildman–Crippen LogP) is 5.80. The molecule has 4 rings (SSSR count). The molecule has 1 atom stereocenters. The van der Waals surface area contributed by atoms with Gasteiger partial charge in [-0.2, -0.15) is 5.26 Å². The molecular formula is C25H26N2. The molecule has 3 aromatic carbocycles. The lowest BCUT2D eigenvalue weighted by atomic mass is 9.98. The molecule has 0 aliphatic carbocycles. The molecule has 0 bridgehead atoms. The summed E-state index contributed by atoms with van der Waals surface area (Å²) >= 11 is 0. The zero-order valence-electron chi connectivity index (χ0n) is 16.0. The molecule has 27 heavy (non-hydrogen) atoms. The van der Waals surface area contributed by atoms with Gasteiger partial charge in [-0.15, -0.1) is 0 Å². The Balaban J connectivity index is 1.50. The molecule has 1 heterocycles. The van der Waals surface area contributed by atoms with Crippen LogP contribution in [0.2, 0.25) is 0 Å². The van der Waals surface area contributed by atoms with E-state index in [1.54, 1.807) is 0 Å². The molecule has 1 aliphatic heterocycles. The van der Waals surface area contributed by atoms with Crippen molar-refractivity contribution in [2.24, 2.45) is 0 Å². The minimum Gasteiger partial charge on any atom is -0.300 e. The predicted molar refractivity (Wildman–Crippen MR) is 113 cm³/mol. The van der Waals surface area contributed by atoms with Crippen LogP contribution in [-0.4, -0.2) is 24.0 Å². The van der Waals surface area contributed by atoms with Crippen LogP contribution in [0.5, 0.6) is 0 Å². The van der Waals surface area contributed by atoms with E-state index in [2.05, 4.69) is 54.3 Å². The molecule has 0 N–H and O–H groups in total. The first-order valence-electron chi connectivity index (χ1n) is 10.0. The van der Waals surface area contributed by atoms with Crippen molar-refractivity contribution in [1.29, 1.82) is 5.26 Å². The number of nitrogens with zero attached hydrogens (tertiary/aromatic N) is 2. The summed E-state index contributed by atoms with van der Waals surface area (Å²) in [6, 6.07) is 24.2. The first kappa shape index (κ1) is 17.8. The van der Waals surface area contributed by atoms with Crippen molar-refractivity contribution in [3.05, 3.63) is 71.8 Å². The number of rotatable bonds is 4. The molecule has 0 radical (unpaired) electrons. The lowest BCUT2D eigenvalue weighted by Crippen LogP contribution is -2.38. The van der Waals surface area contributed by atoms with E-state index >= 15 is 0 Å². The zero-order valence-corrected chi connectivity index (χ0v) is 16.0. The zero-order chi connectivity index (χ0) is 18.6. The maximum Gasteiger partial charge on any atom is 0.0991 e. The molecule has 1 fully saturated rings. The van der Waals surface area contributed by atoms with Gasteiger partial charge in [-0.25, -0.2) is 0 Å². The van der Waals surface area contributed by atoms with Crippen LogP contribution >= 0.6 is 0 Å². The van der Waals surface area contributed by atoms with E-state index in [4.69, 9.17) is 5.26 Å². The maximum absolute atomic E-state index is 8.95. The Bertz CT molecular complexity index is 966. The van der Waals surface area contributed by atoms with E-state index in [0.717, 1.165) is 24.6 Å². The topological polar surface area (TPSA) is 27.0 Å². The van der Waals surface area contributed by atoms with Crippen LogP contribution < -0.4 is 0 Å². The van der Waals surface area contributed by atoms with Gasteiger partial charge in [-0.05, 0) is 78.4 Å². The first-order chi connectivity index (χ1) is 13.2. The molecule has 1 aliphatic rings. The first-order valence-corrected chi connectivity index (χ1v) is 10.0. The number of benzene rings is 3. The standard InChI is InChI=1S/C25H26N2/c1-19-4-2-3-14-27(19)15-13-20-5-10-25-17-24(12-11-23(25)16-20)22-8-6-21(18-26)7-9-22/h5-12,16-17,19H,2-4,13-15H2,1H3/t19-/m1/s1. The van der Waals surface area contributed by atoms with Gasteiger partial charge >= 0.3 is 0 Å².